The second kappa shape index (κ2) is 8.08. The first-order chi connectivity index (χ1) is 13.7. The van der Waals surface area contributed by atoms with Crippen LogP contribution in [0.3, 0.4) is 0 Å². The van der Waals surface area contributed by atoms with Gasteiger partial charge in [-0.25, -0.2) is 0 Å². The highest BCUT2D eigenvalue weighted by Gasteiger charge is 2.31. The highest BCUT2D eigenvalue weighted by molar-refractivity contribution is 8.26. The molecule has 0 atom stereocenters. The number of hydrogen-bond acceptors (Lipinski definition) is 5. The van der Waals surface area contributed by atoms with Gasteiger partial charge in [0.1, 0.15) is 10.0 Å². The zero-order chi connectivity index (χ0) is 19.5. The van der Waals surface area contributed by atoms with Gasteiger partial charge in [0.05, 0.1) is 11.4 Å². The maximum Gasteiger partial charge on any atom is 0.266 e. The Morgan fingerprint density at radius 3 is 2.68 bits per heavy atom. The van der Waals surface area contributed by atoms with Gasteiger partial charge in [-0.15, -0.1) is 0 Å². The van der Waals surface area contributed by atoms with E-state index in [0.717, 1.165) is 22.4 Å². The van der Waals surface area contributed by atoms with Crippen molar-refractivity contribution in [2.24, 2.45) is 0 Å². The van der Waals surface area contributed by atoms with E-state index in [9.17, 15) is 4.79 Å². The van der Waals surface area contributed by atoms with Crippen LogP contribution in [0, 0.1) is 0 Å². The molecular weight excluding hydrogens is 388 g/mol. The Morgan fingerprint density at radius 2 is 2.00 bits per heavy atom. The van der Waals surface area contributed by atoms with E-state index in [4.69, 9.17) is 17.3 Å². The summed E-state index contributed by atoms with van der Waals surface area (Å²) in [5.74, 6) is -0.0505. The van der Waals surface area contributed by atoms with E-state index < -0.39 is 0 Å². The number of carbonyl (C=O) groups is 1. The Bertz CT molecular complexity index is 1040. The average Bonchev–Trinajstić information content (AvgIpc) is 3.23. The molecule has 0 unspecified atom stereocenters. The van der Waals surface area contributed by atoms with E-state index in [-0.39, 0.29) is 5.91 Å². The van der Waals surface area contributed by atoms with Gasteiger partial charge in [-0.1, -0.05) is 54.3 Å². The molecule has 1 aliphatic heterocycles. The van der Waals surface area contributed by atoms with Crippen LogP contribution in [0.1, 0.15) is 18.1 Å². The summed E-state index contributed by atoms with van der Waals surface area (Å²) in [5, 5.41) is 4.77. The third-order valence-corrected chi connectivity index (χ3v) is 5.77. The van der Waals surface area contributed by atoms with Crippen LogP contribution in [0.4, 0.5) is 0 Å². The third kappa shape index (κ3) is 3.76. The molecule has 0 spiro atoms. The fourth-order valence-electron chi connectivity index (χ4n) is 3.03. The molecule has 0 bridgehead atoms. The summed E-state index contributed by atoms with van der Waals surface area (Å²) in [7, 11) is 0. The number of hydrogen-bond donors (Lipinski definition) is 0. The predicted molar refractivity (Wildman–Crippen MR) is 117 cm³/mol. The first-order valence-corrected chi connectivity index (χ1v) is 10.2. The van der Waals surface area contributed by atoms with Crippen molar-refractivity contribution in [1.82, 2.24) is 19.7 Å². The molecule has 3 aromatic rings. The molecule has 1 amide bonds. The van der Waals surface area contributed by atoms with Gasteiger partial charge in [0.15, 0.2) is 0 Å². The van der Waals surface area contributed by atoms with E-state index in [0.29, 0.717) is 22.3 Å². The summed E-state index contributed by atoms with van der Waals surface area (Å²) in [6.07, 6.45) is 7.36. The molecule has 28 heavy (non-hydrogen) atoms. The number of nitrogens with zero attached hydrogens (tertiary/aromatic N) is 4. The van der Waals surface area contributed by atoms with Crippen LogP contribution in [0.2, 0.25) is 0 Å². The fourth-order valence-corrected chi connectivity index (χ4v) is 4.41. The van der Waals surface area contributed by atoms with Crippen LogP contribution in [0.5, 0.6) is 0 Å². The van der Waals surface area contributed by atoms with Crippen molar-refractivity contribution in [3.05, 3.63) is 77.1 Å². The van der Waals surface area contributed by atoms with Crippen molar-refractivity contribution in [3.8, 4) is 11.3 Å². The van der Waals surface area contributed by atoms with Gasteiger partial charge < -0.3 is 0 Å². The molecule has 2 aromatic heterocycles. The lowest BCUT2D eigenvalue weighted by molar-refractivity contribution is -0.121. The number of rotatable bonds is 5. The smallest absolute Gasteiger partial charge is 0.266 e. The average molecular weight is 407 g/mol. The number of thiocarbonyl (C=S) groups is 1. The molecule has 0 aliphatic carbocycles. The quantitative estimate of drug-likeness (QED) is 0.469. The Kier molecular flexibility index (Phi) is 5.36. The van der Waals surface area contributed by atoms with Crippen LogP contribution >= 0.6 is 24.0 Å². The number of thioether (sulfide) groups is 1. The second-order valence-corrected chi connectivity index (χ2v) is 7.96. The summed E-state index contributed by atoms with van der Waals surface area (Å²) < 4.78 is 2.49. The lowest BCUT2D eigenvalue weighted by Crippen LogP contribution is -2.27. The topological polar surface area (TPSA) is 51.0 Å². The van der Waals surface area contributed by atoms with Crippen molar-refractivity contribution in [2.45, 2.75) is 13.5 Å². The van der Waals surface area contributed by atoms with Crippen molar-refractivity contribution >= 4 is 40.3 Å². The molecule has 0 N–H and O–H groups in total. The van der Waals surface area contributed by atoms with Crippen LogP contribution < -0.4 is 0 Å². The minimum absolute atomic E-state index is 0.0505. The molecule has 3 heterocycles. The number of amides is 1. The monoisotopic (exact) mass is 406 g/mol. The summed E-state index contributed by atoms with van der Waals surface area (Å²) in [4.78, 5) is 19.1. The number of pyridine rings is 1. The molecule has 5 nitrogen and oxygen atoms in total. The number of benzene rings is 1. The second-order valence-electron chi connectivity index (χ2n) is 6.28. The van der Waals surface area contributed by atoms with Gasteiger partial charge in [0, 0.05) is 36.3 Å². The summed E-state index contributed by atoms with van der Waals surface area (Å²) in [5.41, 5.74) is 3.74. The van der Waals surface area contributed by atoms with Gasteiger partial charge in [-0.2, -0.15) is 5.10 Å². The molecular formula is C21H18N4OS2. The zero-order valence-corrected chi connectivity index (χ0v) is 16.9. The van der Waals surface area contributed by atoms with Gasteiger partial charge in [0.25, 0.3) is 5.91 Å². The molecule has 1 aromatic carbocycles. The summed E-state index contributed by atoms with van der Waals surface area (Å²) in [6, 6.07) is 14.0. The molecule has 4 rings (SSSR count). The largest absolute Gasteiger partial charge is 0.293 e. The predicted octanol–water partition coefficient (Wildman–Crippen LogP) is 4.21. The van der Waals surface area contributed by atoms with E-state index in [1.807, 2.05) is 54.2 Å². The first kappa shape index (κ1) is 18.6. The molecule has 0 radical (unpaired) electrons. The SMILES string of the molecule is CCN1C(=O)/C(=C\c2cn(Cc3ccccc3)nc2-c2cccnc2)SC1=S. The van der Waals surface area contributed by atoms with Crippen LogP contribution in [0.15, 0.2) is 66.0 Å². The maximum absolute atomic E-state index is 12.6. The standard InChI is InChI=1S/C21H18N4OS2/c1-2-25-20(26)18(28-21(25)27)11-17-14-24(13-15-7-4-3-5-8-15)23-19(17)16-9-6-10-22-12-16/h3-12,14H,2,13H2,1H3/b18-11+. The van der Waals surface area contributed by atoms with Gasteiger partial charge >= 0.3 is 0 Å². The van der Waals surface area contributed by atoms with Crippen molar-refractivity contribution < 1.29 is 4.79 Å². The van der Waals surface area contributed by atoms with Gasteiger partial charge in [-0.05, 0) is 30.7 Å². The van der Waals surface area contributed by atoms with Crippen LogP contribution in [-0.2, 0) is 11.3 Å². The lowest BCUT2D eigenvalue weighted by atomic mass is 10.1. The maximum atomic E-state index is 12.6. The number of aromatic nitrogens is 3. The number of carbonyl (C=O) groups excluding carboxylic acids is 1. The minimum atomic E-state index is -0.0505. The van der Waals surface area contributed by atoms with Gasteiger partial charge in [-0.3, -0.25) is 19.4 Å². The molecule has 140 valence electrons. The molecule has 0 saturated carbocycles. The Labute approximate surface area is 173 Å². The minimum Gasteiger partial charge on any atom is -0.293 e. The Hall–Kier alpha value is -2.77. The highest BCUT2D eigenvalue weighted by Crippen LogP contribution is 2.34. The third-order valence-electron chi connectivity index (χ3n) is 4.39. The molecule has 1 fully saturated rings. The molecule has 1 aliphatic rings. The summed E-state index contributed by atoms with van der Waals surface area (Å²) >= 11 is 6.66. The normalized spacial score (nSPS) is 15.6. The van der Waals surface area contributed by atoms with Crippen molar-refractivity contribution in [1.29, 1.82) is 0 Å². The Morgan fingerprint density at radius 1 is 1.18 bits per heavy atom. The first-order valence-electron chi connectivity index (χ1n) is 8.93. The number of likely N-dealkylation sites (N-methyl/N-ethyl adjacent to an activating group) is 1. The highest BCUT2D eigenvalue weighted by atomic mass is 32.2. The molecule has 1 saturated heterocycles. The van der Waals surface area contributed by atoms with E-state index >= 15 is 0 Å². The van der Waals surface area contributed by atoms with Crippen LogP contribution in [0.25, 0.3) is 17.3 Å². The van der Waals surface area contributed by atoms with E-state index in [2.05, 4.69) is 17.1 Å². The zero-order valence-electron chi connectivity index (χ0n) is 15.3. The summed E-state index contributed by atoms with van der Waals surface area (Å²) in [6.45, 7) is 3.15. The van der Waals surface area contributed by atoms with Crippen molar-refractivity contribution in [3.63, 3.8) is 0 Å². The van der Waals surface area contributed by atoms with E-state index in [1.165, 1.54) is 11.8 Å². The van der Waals surface area contributed by atoms with E-state index in [1.54, 1.807) is 17.3 Å². The Balaban J connectivity index is 1.74. The molecule has 7 heteroatoms. The van der Waals surface area contributed by atoms with Gasteiger partial charge in [0.2, 0.25) is 0 Å². The van der Waals surface area contributed by atoms with Crippen molar-refractivity contribution in [2.75, 3.05) is 6.54 Å². The lowest BCUT2D eigenvalue weighted by Gasteiger charge is -2.09. The van der Waals surface area contributed by atoms with Crippen LogP contribution in [-0.4, -0.2) is 36.4 Å². The fraction of sp³-hybridized carbons (Fsp3) is 0.143.